The Labute approximate surface area is 101 Å². The van der Waals surface area contributed by atoms with Crippen LogP contribution in [0.25, 0.3) is 0 Å². The van der Waals surface area contributed by atoms with E-state index in [4.69, 9.17) is 22.4 Å². The summed E-state index contributed by atoms with van der Waals surface area (Å²) in [5.41, 5.74) is 6.25. The van der Waals surface area contributed by atoms with Crippen molar-refractivity contribution in [3.05, 3.63) is 17.3 Å². The van der Waals surface area contributed by atoms with Crippen molar-refractivity contribution in [3.8, 4) is 0 Å². The van der Waals surface area contributed by atoms with E-state index in [9.17, 15) is 0 Å². The van der Waals surface area contributed by atoms with E-state index in [-0.39, 0.29) is 12.6 Å². The highest BCUT2D eigenvalue weighted by atomic mass is 35.5. The maximum Gasteiger partial charge on any atom is 0.133 e. The number of aliphatic hydroxyl groups excluding tert-OH is 1. The molecule has 0 aliphatic heterocycles. The van der Waals surface area contributed by atoms with Crippen molar-refractivity contribution in [2.24, 2.45) is 5.92 Å². The summed E-state index contributed by atoms with van der Waals surface area (Å²) in [5, 5.41) is 12.6. The summed E-state index contributed by atoms with van der Waals surface area (Å²) in [6, 6.07) is 3.50. The van der Waals surface area contributed by atoms with Crippen molar-refractivity contribution < 1.29 is 5.11 Å². The molecule has 0 aromatic carbocycles. The largest absolute Gasteiger partial charge is 0.399 e. The number of hydrogen-bond donors (Lipinski definition) is 3. The van der Waals surface area contributed by atoms with Gasteiger partial charge < -0.3 is 16.2 Å². The lowest BCUT2D eigenvalue weighted by Gasteiger charge is -2.22. The van der Waals surface area contributed by atoms with E-state index < -0.39 is 0 Å². The van der Waals surface area contributed by atoms with Crippen LogP contribution in [0.3, 0.4) is 0 Å². The van der Waals surface area contributed by atoms with Crippen LogP contribution in [-0.4, -0.2) is 22.7 Å². The van der Waals surface area contributed by atoms with Gasteiger partial charge in [-0.25, -0.2) is 4.98 Å². The monoisotopic (exact) mass is 243 g/mol. The predicted octanol–water partition coefficient (Wildman–Crippen LogP) is 2.14. The molecular weight excluding hydrogens is 226 g/mol. The van der Waals surface area contributed by atoms with Gasteiger partial charge in [0.25, 0.3) is 0 Å². The molecule has 1 unspecified atom stereocenters. The maximum atomic E-state index is 8.96. The Morgan fingerprint density at radius 1 is 1.50 bits per heavy atom. The Balaban J connectivity index is 2.76. The number of rotatable bonds is 5. The number of hydrogen-bond acceptors (Lipinski definition) is 4. The minimum absolute atomic E-state index is 0.145. The van der Waals surface area contributed by atoms with Crippen LogP contribution in [0, 0.1) is 5.92 Å². The number of halogens is 1. The highest BCUT2D eigenvalue weighted by molar-refractivity contribution is 6.29. The smallest absolute Gasteiger partial charge is 0.133 e. The third-order valence-electron chi connectivity index (χ3n) is 2.39. The molecule has 4 nitrogen and oxygen atoms in total. The van der Waals surface area contributed by atoms with E-state index in [1.807, 2.05) is 0 Å². The predicted molar refractivity (Wildman–Crippen MR) is 67.6 cm³/mol. The second-order valence-corrected chi connectivity index (χ2v) is 4.50. The first kappa shape index (κ1) is 13.1. The Morgan fingerprint density at radius 3 is 2.69 bits per heavy atom. The van der Waals surface area contributed by atoms with Crippen molar-refractivity contribution in [1.82, 2.24) is 4.98 Å². The SMILES string of the molecule is CC(C)C(CCO)Nc1cc(N)cc(Cl)n1. The molecule has 1 aromatic rings. The number of nitrogens with two attached hydrogens (primary N) is 1. The van der Waals surface area contributed by atoms with Crippen molar-refractivity contribution in [2.45, 2.75) is 26.3 Å². The molecule has 1 atom stereocenters. The van der Waals surface area contributed by atoms with Gasteiger partial charge in [-0.05, 0) is 18.4 Å². The average Bonchev–Trinajstić information content (AvgIpc) is 2.15. The number of aliphatic hydroxyl groups is 1. The summed E-state index contributed by atoms with van der Waals surface area (Å²) in [5.74, 6) is 1.05. The van der Waals surface area contributed by atoms with E-state index in [1.54, 1.807) is 12.1 Å². The molecule has 4 N–H and O–H groups in total. The fourth-order valence-corrected chi connectivity index (χ4v) is 1.71. The lowest BCUT2D eigenvalue weighted by Crippen LogP contribution is -2.27. The van der Waals surface area contributed by atoms with Crippen LogP contribution in [0.15, 0.2) is 12.1 Å². The summed E-state index contributed by atoms with van der Waals surface area (Å²) in [6.45, 7) is 4.31. The molecule has 0 aliphatic carbocycles. The molecule has 90 valence electrons. The Morgan fingerprint density at radius 2 is 2.19 bits per heavy atom. The van der Waals surface area contributed by atoms with Crippen LogP contribution in [0.2, 0.25) is 5.15 Å². The van der Waals surface area contributed by atoms with Gasteiger partial charge >= 0.3 is 0 Å². The molecule has 0 amide bonds. The lowest BCUT2D eigenvalue weighted by molar-refractivity contribution is 0.267. The molecular formula is C11H18ClN3O. The molecule has 0 radical (unpaired) electrons. The zero-order valence-corrected chi connectivity index (χ0v) is 10.3. The number of aromatic nitrogens is 1. The molecule has 0 spiro atoms. The Bertz CT molecular complexity index is 324. The van der Waals surface area contributed by atoms with Crippen LogP contribution in [-0.2, 0) is 0 Å². The summed E-state index contributed by atoms with van der Waals surface area (Å²) in [6.07, 6.45) is 0.672. The first-order valence-electron chi connectivity index (χ1n) is 5.33. The second-order valence-electron chi connectivity index (χ2n) is 4.12. The van der Waals surface area contributed by atoms with Gasteiger partial charge in [-0.1, -0.05) is 25.4 Å². The number of pyridine rings is 1. The van der Waals surface area contributed by atoms with Crippen LogP contribution in [0.5, 0.6) is 0 Å². The van der Waals surface area contributed by atoms with E-state index in [0.29, 0.717) is 29.0 Å². The van der Waals surface area contributed by atoms with Crippen molar-refractivity contribution in [3.63, 3.8) is 0 Å². The van der Waals surface area contributed by atoms with Crippen molar-refractivity contribution in [1.29, 1.82) is 0 Å². The number of nitrogens with one attached hydrogen (secondary N) is 1. The molecule has 1 aromatic heterocycles. The van der Waals surface area contributed by atoms with Crippen LogP contribution in [0.1, 0.15) is 20.3 Å². The molecule has 0 aliphatic rings. The van der Waals surface area contributed by atoms with Gasteiger partial charge in [0.2, 0.25) is 0 Å². The standard InChI is InChI=1S/C11H18ClN3O/c1-7(2)9(3-4-16)14-11-6-8(13)5-10(12)15-11/h5-7,9,16H,3-4H2,1-2H3,(H3,13,14,15). The van der Waals surface area contributed by atoms with Crippen LogP contribution in [0.4, 0.5) is 11.5 Å². The van der Waals surface area contributed by atoms with Gasteiger partial charge in [0.1, 0.15) is 11.0 Å². The van der Waals surface area contributed by atoms with Gasteiger partial charge in [0, 0.05) is 24.4 Å². The normalized spacial score (nSPS) is 12.8. The highest BCUT2D eigenvalue weighted by Gasteiger charge is 2.13. The zero-order valence-electron chi connectivity index (χ0n) is 9.57. The zero-order chi connectivity index (χ0) is 12.1. The Kier molecular flexibility index (Phi) is 4.83. The van der Waals surface area contributed by atoms with E-state index in [0.717, 1.165) is 0 Å². The fourth-order valence-electron chi connectivity index (χ4n) is 1.49. The Hall–Kier alpha value is -1.00. The minimum Gasteiger partial charge on any atom is -0.399 e. The summed E-state index contributed by atoms with van der Waals surface area (Å²) >= 11 is 5.81. The van der Waals surface area contributed by atoms with Crippen molar-refractivity contribution in [2.75, 3.05) is 17.7 Å². The third-order valence-corrected chi connectivity index (χ3v) is 2.59. The van der Waals surface area contributed by atoms with E-state index in [1.165, 1.54) is 0 Å². The highest BCUT2D eigenvalue weighted by Crippen LogP contribution is 2.19. The summed E-state index contributed by atoms with van der Waals surface area (Å²) in [7, 11) is 0. The van der Waals surface area contributed by atoms with Gasteiger partial charge in [-0.15, -0.1) is 0 Å². The third kappa shape index (κ3) is 3.87. The number of nitrogen functional groups attached to an aromatic ring is 1. The van der Waals surface area contributed by atoms with E-state index in [2.05, 4.69) is 24.1 Å². The molecule has 0 fully saturated rings. The molecule has 5 heteroatoms. The second kappa shape index (κ2) is 5.92. The summed E-state index contributed by atoms with van der Waals surface area (Å²) in [4.78, 5) is 4.13. The van der Waals surface area contributed by atoms with Gasteiger partial charge in [-0.3, -0.25) is 0 Å². The van der Waals surface area contributed by atoms with E-state index >= 15 is 0 Å². The fraction of sp³-hybridized carbons (Fsp3) is 0.545. The van der Waals surface area contributed by atoms with Gasteiger partial charge in [-0.2, -0.15) is 0 Å². The average molecular weight is 244 g/mol. The minimum atomic E-state index is 0.145. The first-order valence-corrected chi connectivity index (χ1v) is 5.71. The van der Waals surface area contributed by atoms with Crippen LogP contribution < -0.4 is 11.1 Å². The number of nitrogens with zero attached hydrogens (tertiary/aromatic N) is 1. The molecule has 1 heterocycles. The van der Waals surface area contributed by atoms with Crippen molar-refractivity contribution >= 4 is 23.1 Å². The lowest BCUT2D eigenvalue weighted by atomic mass is 10.0. The molecule has 16 heavy (non-hydrogen) atoms. The molecule has 0 saturated heterocycles. The molecule has 1 rings (SSSR count). The quantitative estimate of drug-likeness (QED) is 0.693. The first-order chi connectivity index (χ1) is 7.52. The molecule has 0 saturated carbocycles. The van der Waals surface area contributed by atoms with Gasteiger partial charge in [0.15, 0.2) is 0 Å². The summed E-state index contributed by atoms with van der Waals surface area (Å²) < 4.78 is 0. The maximum absolute atomic E-state index is 8.96. The number of anilines is 2. The molecule has 0 bridgehead atoms. The van der Waals surface area contributed by atoms with Crippen LogP contribution >= 0.6 is 11.6 Å². The van der Waals surface area contributed by atoms with Gasteiger partial charge in [0.05, 0.1) is 0 Å². The topological polar surface area (TPSA) is 71.2 Å².